The molecule has 6 rings (SSSR count). The van der Waals surface area contributed by atoms with Crippen LogP contribution in [0.15, 0.2) is 10.9 Å². The number of rotatable bonds is 3. The third kappa shape index (κ3) is 2.98. The number of carbonyl (C=O) groups is 1. The van der Waals surface area contributed by atoms with Crippen molar-refractivity contribution in [2.75, 3.05) is 27.3 Å². The zero-order chi connectivity index (χ0) is 25.5. The number of benzene rings is 1. The van der Waals surface area contributed by atoms with Crippen LogP contribution < -0.4 is 15.0 Å². The summed E-state index contributed by atoms with van der Waals surface area (Å²) in [5.74, 6) is 1.78. The maximum Gasteiger partial charge on any atom is 0.254 e. The third-order valence-electron chi connectivity index (χ3n) is 8.63. The van der Waals surface area contributed by atoms with Gasteiger partial charge in [-0.2, -0.15) is 0 Å². The predicted octanol–water partition coefficient (Wildman–Crippen LogP) is 4.06. The molecule has 7 heteroatoms. The summed E-state index contributed by atoms with van der Waals surface area (Å²) in [5.41, 5.74) is 7.88. The molecule has 188 valence electrons. The van der Waals surface area contributed by atoms with Gasteiger partial charge in [-0.05, 0) is 70.5 Å². The summed E-state index contributed by atoms with van der Waals surface area (Å²) >= 11 is 0. The van der Waals surface area contributed by atoms with Crippen LogP contribution in [0.3, 0.4) is 0 Å². The van der Waals surface area contributed by atoms with Gasteiger partial charge in [0, 0.05) is 29.7 Å². The SMILES string of the molecule is CC[C@@]1(C)C(=O)CCc2c1cc1n(c2=O)Cc2c-1nc1c(C)c(C)c3c(c1c2CN(C)C)OCCO3. The van der Waals surface area contributed by atoms with Crippen molar-refractivity contribution >= 4 is 16.7 Å². The van der Waals surface area contributed by atoms with Crippen LogP contribution in [0, 0.1) is 13.8 Å². The average Bonchev–Trinajstić information content (AvgIpc) is 3.24. The molecule has 0 spiro atoms. The van der Waals surface area contributed by atoms with Crippen LogP contribution in [0.5, 0.6) is 11.5 Å². The smallest absolute Gasteiger partial charge is 0.254 e. The number of pyridine rings is 2. The predicted molar refractivity (Wildman–Crippen MR) is 139 cm³/mol. The van der Waals surface area contributed by atoms with Crippen molar-refractivity contribution in [1.29, 1.82) is 0 Å². The van der Waals surface area contributed by atoms with Crippen molar-refractivity contribution in [1.82, 2.24) is 14.5 Å². The van der Waals surface area contributed by atoms with Crippen molar-refractivity contribution in [3.63, 3.8) is 0 Å². The van der Waals surface area contributed by atoms with Crippen LogP contribution in [0.1, 0.15) is 60.1 Å². The van der Waals surface area contributed by atoms with Gasteiger partial charge in [-0.1, -0.05) is 6.92 Å². The first-order chi connectivity index (χ1) is 17.2. The Morgan fingerprint density at radius 3 is 2.47 bits per heavy atom. The van der Waals surface area contributed by atoms with E-state index in [2.05, 4.69) is 38.9 Å². The number of hydrogen-bond acceptors (Lipinski definition) is 6. The first kappa shape index (κ1) is 23.2. The maximum atomic E-state index is 13.8. The lowest BCUT2D eigenvalue weighted by Crippen LogP contribution is -2.41. The minimum atomic E-state index is -0.634. The molecular weight excluding hydrogens is 454 g/mol. The summed E-state index contributed by atoms with van der Waals surface area (Å²) in [7, 11) is 4.10. The van der Waals surface area contributed by atoms with Crippen molar-refractivity contribution < 1.29 is 14.3 Å². The fourth-order valence-electron chi connectivity index (χ4n) is 6.28. The number of fused-ring (bicyclic) bond motifs is 7. The molecule has 0 N–H and O–H groups in total. The van der Waals surface area contributed by atoms with E-state index in [1.807, 2.05) is 18.4 Å². The van der Waals surface area contributed by atoms with Gasteiger partial charge in [0.25, 0.3) is 5.56 Å². The van der Waals surface area contributed by atoms with Gasteiger partial charge in [0.05, 0.1) is 34.3 Å². The molecule has 1 atom stereocenters. The summed E-state index contributed by atoms with van der Waals surface area (Å²) in [6.45, 7) is 10.3. The highest BCUT2D eigenvalue weighted by Gasteiger charge is 2.41. The molecular formula is C29H33N3O4. The summed E-state index contributed by atoms with van der Waals surface area (Å²) in [5, 5.41) is 0.986. The quantitative estimate of drug-likeness (QED) is 0.434. The second-order valence-electron chi connectivity index (χ2n) is 10.9. The van der Waals surface area contributed by atoms with E-state index >= 15 is 0 Å². The van der Waals surface area contributed by atoms with E-state index in [1.165, 1.54) is 0 Å². The van der Waals surface area contributed by atoms with E-state index in [4.69, 9.17) is 14.5 Å². The molecule has 0 bridgehead atoms. The molecule has 36 heavy (non-hydrogen) atoms. The molecule has 1 aliphatic carbocycles. The zero-order valence-corrected chi connectivity index (χ0v) is 22.0. The molecule has 7 nitrogen and oxygen atoms in total. The molecule has 0 fully saturated rings. The van der Waals surface area contributed by atoms with E-state index in [9.17, 15) is 9.59 Å². The van der Waals surface area contributed by atoms with E-state index in [0.717, 1.165) is 67.2 Å². The monoisotopic (exact) mass is 487 g/mol. The first-order valence-corrected chi connectivity index (χ1v) is 12.9. The first-order valence-electron chi connectivity index (χ1n) is 12.9. The fraction of sp³-hybridized carbons (Fsp3) is 0.483. The molecule has 0 saturated heterocycles. The highest BCUT2D eigenvalue weighted by Crippen LogP contribution is 2.48. The van der Waals surface area contributed by atoms with Crippen LogP contribution in [-0.4, -0.2) is 47.5 Å². The minimum Gasteiger partial charge on any atom is -0.486 e. The van der Waals surface area contributed by atoms with Crippen LogP contribution in [0.4, 0.5) is 0 Å². The van der Waals surface area contributed by atoms with Gasteiger partial charge in [0.2, 0.25) is 0 Å². The Kier molecular flexibility index (Phi) is 5.10. The minimum absolute atomic E-state index is 0.0158. The summed E-state index contributed by atoms with van der Waals surface area (Å²) < 4.78 is 14.1. The standard InChI is InChI=1S/C29H33N3O4/c1-7-29(4)20-12-21-25-19(14-32(21)28(34)17(20)8-9-22(29)33)18(13-31(5)6)23-24(30-25)15(2)16(3)26-27(23)36-11-10-35-26/h12H,7-11,13-14H2,1-6H3/t29-/m1/s1. The number of aryl methyl sites for hydroxylation is 1. The Bertz CT molecular complexity index is 1530. The molecule has 0 saturated carbocycles. The Balaban J connectivity index is 1.70. The molecule has 0 unspecified atom stereocenters. The van der Waals surface area contributed by atoms with Gasteiger partial charge in [-0.3, -0.25) is 9.59 Å². The highest BCUT2D eigenvalue weighted by atomic mass is 16.6. The fourth-order valence-corrected chi connectivity index (χ4v) is 6.28. The third-order valence-corrected chi connectivity index (χ3v) is 8.63. The van der Waals surface area contributed by atoms with Crippen LogP contribution in [-0.2, 0) is 29.7 Å². The lowest BCUT2D eigenvalue weighted by atomic mass is 9.69. The molecule has 4 heterocycles. The topological polar surface area (TPSA) is 73.7 Å². The molecule has 2 aliphatic heterocycles. The Hall–Kier alpha value is -3.19. The Morgan fingerprint density at radius 1 is 1.06 bits per heavy atom. The van der Waals surface area contributed by atoms with E-state index < -0.39 is 5.41 Å². The van der Waals surface area contributed by atoms with Crippen molar-refractivity contribution in [3.05, 3.63) is 49.8 Å². The summed E-state index contributed by atoms with van der Waals surface area (Å²) in [6.07, 6.45) is 1.61. The van der Waals surface area contributed by atoms with Crippen molar-refractivity contribution in [3.8, 4) is 22.9 Å². The number of nitrogens with zero attached hydrogens (tertiary/aromatic N) is 3. The largest absolute Gasteiger partial charge is 0.486 e. The van der Waals surface area contributed by atoms with Gasteiger partial charge < -0.3 is 18.9 Å². The number of Topliss-reactive ketones (excluding diaryl/α,β-unsaturated/α-hetero) is 1. The maximum absolute atomic E-state index is 13.8. The van der Waals surface area contributed by atoms with E-state index in [-0.39, 0.29) is 11.3 Å². The number of carbonyl (C=O) groups excluding carboxylic acids is 1. The van der Waals surface area contributed by atoms with Crippen LogP contribution >= 0.6 is 0 Å². The molecule has 3 aliphatic rings. The summed E-state index contributed by atoms with van der Waals surface area (Å²) in [6, 6.07) is 2.08. The van der Waals surface area contributed by atoms with Gasteiger partial charge in [-0.25, -0.2) is 4.98 Å². The van der Waals surface area contributed by atoms with Gasteiger partial charge >= 0.3 is 0 Å². The lowest BCUT2D eigenvalue weighted by Gasteiger charge is -2.33. The summed E-state index contributed by atoms with van der Waals surface area (Å²) in [4.78, 5) is 34.2. The molecule has 0 radical (unpaired) electrons. The second-order valence-corrected chi connectivity index (χ2v) is 10.9. The lowest BCUT2D eigenvalue weighted by molar-refractivity contribution is -0.124. The Labute approximate surface area is 211 Å². The van der Waals surface area contributed by atoms with Gasteiger partial charge in [0.1, 0.15) is 19.0 Å². The van der Waals surface area contributed by atoms with Crippen molar-refractivity contribution in [2.24, 2.45) is 0 Å². The molecule has 0 amide bonds. The second kappa shape index (κ2) is 7.90. The number of ether oxygens (including phenoxy) is 2. The number of aromatic nitrogens is 2. The van der Waals surface area contributed by atoms with Crippen LogP contribution in [0.25, 0.3) is 22.3 Å². The molecule has 1 aromatic carbocycles. The average molecular weight is 488 g/mol. The van der Waals surface area contributed by atoms with Crippen molar-refractivity contribution in [2.45, 2.75) is 65.5 Å². The number of ketones is 1. The van der Waals surface area contributed by atoms with E-state index in [0.29, 0.717) is 45.6 Å². The highest BCUT2D eigenvalue weighted by molar-refractivity contribution is 5.98. The van der Waals surface area contributed by atoms with Gasteiger partial charge in [0.15, 0.2) is 11.5 Å². The Morgan fingerprint density at radius 2 is 1.78 bits per heavy atom. The molecule has 3 aromatic rings. The van der Waals surface area contributed by atoms with Gasteiger partial charge in [-0.15, -0.1) is 0 Å². The molecule has 2 aromatic heterocycles. The number of hydrogen-bond donors (Lipinski definition) is 0. The van der Waals surface area contributed by atoms with E-state index in [1.54, 1.807) is 0 Å². The normalized spacial score (nSPS) is 20.0. The zero-order valence-electron chi connectivity index (χ0n) is 22.0. The van der Waals surface area contributed by atoms with Crippen LogP contribution in [0.2, 0.25) is 0 Å².